The smallest absolute Gasteiger partial charge is 0.180 e. The Morgan fingerprint density at radius 2 is 2.17 bits per heavy atom. The lowest BCUT2D eigenvalue weighted by atomic mass is 10.2. The summed E-state index contributed by atoms with van der Waals surface area (Å²) < 4.78 is 5.87. The highest BCUT2D eigenvalue weighted by Crippen LogP contribution is 2.21. The molecule has 1 aliphatic rings. The minimum absolute atomic E-state index is 0.201. The Bertz CT molecular complexity index is 662. The molecule has 0 amide bonds. The van der Waals surface area contributed by atoms with E-state index in [1.54, 1.807) is 6.20 Å². The molecule has 0 bridgehead atoms. The molecule has 1 unspecified atom stereocenters. The SMILES string of the molecule is CCc1cc(N2CCOC(CN(C)C)C2)nc(-c2ccccn2)n1. The summed E-state index contributed by atoms with van der Waals surface area (Å²) in [7, 11) is 4.14. The van der Waals surface area contributed by atoms with Crippen molar-refractivity contribution in [3.05, 3.63) is 36.2 Å². The summed E-state index contributed by atoms with van der Waals surface area (Å²) in [5.41, 5.74) is 1.85. The summed E-state index contributed by atoms with van der Waals surface area (Å²) in [5, 5.41) is 0. The average Bonchev–Trinajstić information content (AvgIpc) is 2.61. The maximum atomic E-state index is 5.87. The molecule has 0 aromatic carbocycles. The Morgan fingerprint density at radius 1 is 1.29 bits per heavy atom. The fourth-order valence-corrected chi connectivity index (χ4v) is 2.88. The lowest BCUT2D eigenvalue weighted by Crippen LogP contribution is -2.46. The molecule has 0 aliphatic carbocycles. The Labute approximate surface area is 143 Å². The lowest BCUT2D eigenvalue weighted by molar-refractivity contribution is 0.0245. The number of rotatable bonds is 5. The minimum atomic E-state index is 0.201. The second-order valence-electron chi connectivity index (χ2n) is 6.31. The average molecular weight is 327 g/mol. The summed E-state index contributed by atoms with van der Waals surface area (Å²) in [6.07, 6.45) is 2.85. The van der Waals surface area contributed by atoms with Crippen LogP contribution in [0, 0.1) is 0 Å². The molecule has 0 spiro atoms. The van der Waals surface area contributed by atoms with E-state index in [4.69, 9.17) is 9.72 Å². The first-order valence-electron chi connectivity index (χ1n) is 8.46. The first kappa shape index (κ1) is 16.8. The first-order chi connectivity index (χ1) is 11.7. The van der Waals surface area contributed by atoms with E-state index >= 15 is 0 Å². The molecule has 2 aromatic heterocycles. The van der Waals surface area contributed by atoms with Gasteiger partial charge in [0, 0.05) is 37.6 Å². The molecule has 1 aliphatic heterocycles. The number of likely N-dealkylation sites (N-methyl/N-ethyl adjacent to an activating group) is 1. The van der Waals surface area contributed by atoms with Gasteiger partial charge in [-0.05, 0) is 32.6 Å². The lowest BCUT2D eigenvalue weighted by Gasteiger charge is -2.35. The summed E-state index contributed by atoms with van der Waals surface area (Å²) in [6.45, 7) is 5.45. The molecule has 2 aromatic rings. The van der Waals surface area contributed by atoms with Gasteiger partial charge in [0.25, 0.3) is 0 Å². The van der Waals surface area contributed by atoms with Gasteiger partial charge in [0.1, 0.15) is 11.5 Å². The van der Waals surface area contributed by atoms with Crippen molar-refractivity contribution in [2.45, 2.75) is 19.4 Å². The summed E-state index contributed by atoms with van der Waals surface area (Å²) in [5.74, 6) is 1.66. The molecule has 128 valence electrons. The summed E-state index contributed by atoms with van der Waals surface area (Å²) in [6, 6.07) is 7.91. The van der Waals surface area contributed by atoms with Gasteiger partial charge in [0.2, 0.25) is 0 Å². The third-order valence-electron chi connectivity index (χ3n) is 4.05. The van der Waals surface area contributed by atoms with Gasteiger partial charge >= 0.3 is 0 Å². The van der Waals surface area contributed by atoms with Crippen molar-refractivity contribution in [1.29, 1.82) is 0 Å². The Kier molecular flexibility index (Phi) is 5.37. The maximum Gasteiger partial charge on any atom is 0.180 e. The number of anilines is 1. The number of hydrogen-bond acceptors (Lipinski definition) is 6. The van der Waals surface area contributed by atoms with Crippen molar-refractivity contribution in [2.75, 3.05) is 45.2 Å². The van der Waals surface area contributed by atoms with Crippen molar-refractivity contribution in [1.82, 2.24) is 19.9 Å². The van der Waals surface area contributed by atoms with Crippen molar-refractivity contribution < 1.29 is 4.74 Å². The molecule has 3 heterocycles. The topological polar surface area (TPSA) is 54.4 Å². The first-order valence-corrected chi connectivity index (χ1v) is 8.46. The normalized spacial score (nSPS) is 18.2. The highest BCUT2D eigenvalue weighted by atomic mass is 16.5. The largest absolute Gasteiger partial charge is 0.373 e. The van der Waals surface area contributed by atoms with Crippen LogP contribution in [0.2, 0.25) is 0 Å². The van der Waals surface area contributed by atoms with E-state index in [1.807, 2.05) is 18.2 Å². The van der Waals surface area contributed by atoms with Crippen LogP contribution in [-0.2, 0) is 11.2 Å². The molecule has 6 nitrogen and oxygen atoms in total. The van der Waals surface area contributed by atoms with Gasteiger partial charge in [0.05, 0.1) is 12.7 Å². The number of pyridine rings is 1. The number of nitrogens with zero attached hydrogens (tertiary/aromatic N) is 5. The highest BCUT2D eigenvalue weighted by molar-refractivity contribution is 5.54. The molecule has 24 heavy (non-hydrogen) atoms. The van der Waals surface area contributed by atoms with Crippen molar-refractivity contribution in [3.63, 3.8) is 0 Å². The van der Waals surface area contributed by atoms with Crippen LogP contribution in [0.1, 0.15) is 12.6 Å². The minimum Gasteiger partial charge on any atom is -0.373 e. The Hall–Kier alpha value is -2.05. The van der Waals surface area contributed by atoms with Crippen LogP contribution in [0.25, 0.3) is 11.5 Å². The van der Waals surface area contributed by atoms with Gasteiger partial charge in [0.15, 0.2) is 5.82 Å². The van der Waals surface area contributed by atoms with E-state index in [2.05, 4.69) is 46.9 Å². The maximum absolute atomic E-state index is 5.87. The van der Waals surface area contributed by atoms with Gasteiger partial charge in [-0.2, -0.15) is 0 Å². The van der Waals surface area contributed by atoms with Crippen LogP contribution in [0.15, 0.2) is 30.5 Å². The predicted octanol–water partition coefficient (Wildman–Crippen LogP) is 1.87. The van der Waals surface area contributed by atoms with Gasteiger partial charge in [-0.15, -0.1) is 0 Å². The molecular weight excluding hydrogens is 302 g/mol. The van der Waals surface area contributed by atoms with E-state index in [9.17, 15) is 0 Å². The van der Waals surface area contributed by atoms with Crippen LogP contribution in [-0.4, -0.2) is 66.3 Å². The molecule has 1 fully saturated rings. The van der Waals surface area contributed by atoms with E-state index < -0.39 is 0 Å². The van der Waals surface area contributed by atoms with Gasteiger partial charge < -0.3 is 14.5 Å². The Morgan fingerprint density at radius 3 is 2.88 bits per heavy atom. The second kappa shape index (κ2) is 7.68. The monoisotopic (exact) mass is 327 g/mol. The van der Waals surface area contributed by atoms with Gasteiger partial charge in [-0.3, -0.25) is 4.98 Å². The zero-order valence-electron chi connectivity index (χ0n) is 14.6. The number of ether oxygens (including phenoxy) is 1. The van der Waals surface area contributed by atoms with Crippen molar-refractivity contribution in [3.8, 4) is 11.5 Å². The number of morpholine rings is 1. The summed E-state index contributed by atoms with van der Waals surface area (Å²) >= 11 is 0. The number of aromatic nitrogens is 3. The second-order valence-corrected chi connectivity index (χ2v) is 6.31. The number of hydrogen-bond donors (Lipinski definition) is 0. The molecule has 1 atom stereocenters. The third-order valence-corrected chi connectivity index (χ3v) is 4.05. The summed E-state index contributed by atoms with van der Waals surface area (Å²) in [4.78, 5) is 18.3. The van der Waals surface area contributed by atoms with Crippen LogP contribution in [0.3, 0.4) is 0 Å². The number of aryl methyl sites for hydroxylation is 1. The van der Waals surface area contributed by atoms with Crippen LogP contribution in [0.5, 0.6) is 0 Å². The molecule has 0 saturated carbocycles. The predicted molar refractivity (Wildman–Crippen MR) is 95.1 cm³/mol. The van der Waals surface area contributed by atoms with Crippen molar-refractivity contribution >= 4 is 5.82 Å². The van der Waals surface area contributed by atoms with E-state index in [0.717, 1.165) is 49.9 Å². The van der Waals surface area contributed by atoms with Gasteiger partial charge in [-0.25, -0.2) is 9.97 Å². The van der Waals surface area contributed by atoms with Crippen LogP contribution >= 0.6 is 0 Å². The Balaban J connectivity index is 1.87. The standard InChI is InChI=1S/C18H25N5O/c1-4-14-11-17(21-18(20-14)16-7-5-6-8-19-16)23-9-10-24-15(13-23)12-22(2)3/h5-8,11,15H,4,9-10,12-13H2,1-3H3. The molecule has 1 saturated heterocycles. The zero-order chi connectivity index (χ0) is 16.9. The van der Waals surface area contributed by atoms with E-state index in [-0.39, 0.29) is 6.10 Å². The van der Waals surface area contributed by atoms with Crippen LogP contribution < -0.4 is 4.90 Å². The molecule has 3 rings (SSSR count). The fraction of sp³-hybridized carbons (Fsp3) is 0.500. The quantitative estimate of drug-likeness (QED) is 0.836. The van der Waals surface area contributed by atoms with Gasteiger partial charge in [-0.1, -0.05) is 13.0 Å². The molecule has 0 radical (unpaired) electrons. The third kappa shape index (κ3) is 4.07. The van der Waals surface area contributed by atoms with Crippen LogP contribution in [0.4, 0.5) is 5.82 Å². The molecule has 0 N–H and O–H groups in total. The zero-order valence-corrected chi connectivity index (χ0v) is 14.6. The van der Waals surface area contributed by atoms with E-state index in [0.29, 0.717) is 5.82 Å². The van der Waals surface area contributed by atoms with E-state index in [1.165, 1.54) is 0 Å². The fourth-order valence-electron chi connectivity index (χ4n) is 2.88. The van der Waals surface area contributed by atoms with Crippen molar-refractivity contribution in [2.24, 2.45) is 0 Å². The highest BCUT2D eigenvalue weighted by Gasteiger charge is 2.23. The molecule has 6 heteroatoms. The molecular formula is C18H25N5O.